The lowest BCUT2D eigenvalue weighted by molar-refractivity contribution is 0.0950. The molecule has 3 rings (SSSR count). The molecule has 0 saturated heterocycles. The third-order valence-corrected chi connectivity index (χ3v) is 5.30. The molecule has 6 heteroatoms. The van der Waals surface area contributed by atoms with Gasteiger partial charge in [-0.1, -0.05) is 71.4 Å². The van der Waals surface area contributed by atoms with Gasteiger partial charge < -0.3 is 5.11 Å². The lowest BCUT2D eigenvalue weighted by Gasteiger charge is -2.27. The highest BCUT2D eigenvalue weighted by Crippen LogP contribution is 2.39. The fourth-order valence-corrected chi connectivity index (χ4v) is 3.41. The minimum absolute atomic E-state index is 0.237. The fraction of sp³-hybridized carbons (Fsp3) is 0.346. The Kier molecular flexibility index (Phi) is 6.26. The molecular weight excluding hydrogens is 400 g/mol. The molecule has 1 aromatic heterocycles. The number of phenols is 1. The largest absolute Gasteiger partial charge is 0.507 e. The Morgan fingerprint density at radius 3 is 2.09 bits per heavy atom. The van der Waals surface area contributed by atoms with Gasteiger partial charge in [-0.3, -0.25) is 9.89 Å². The van der Waals surface area contributed by atoms with Crippen LogP contribution in [0.5, 0.6) is 5.75 Å². The standard InChI is InChI=1S/C26H32N4O2/c1-16-8-10-18(11-9-16)21-14-22(29-28-21)24(32)30-27-15-17-12-19(25(2,3)4)23(31)20(13-17)26(5,6)7/h8-15,31H,1-7H3,(H,28,29)(H,30,32)/b27-15-. The Labute approximate surface area is 189 Å². The molecule has 0 aliphatic carbocycles. The van der Waals surface area contributed by atoms with Crippen molar-refractivity contribution < 1.29 is 9.90 Å². The molecule has 0 radical (unpaired) electrons. The summed E-state index contributed by atoms with van der Waals surface area (Å²) in [4.78, 5) is 12.5. The number of benzene rings is 2. The molecule has 3 N–H and O–H groups in total. The highest BCUT2D eigenvalue weighted by atomic mass is 16.3. The van der Waals surface area contributed by atoms with E-state index < -0.39 is 0 Å². The zero-order valence-electron chi connectivity index (χ0n) is 19.9. The van der Waals surface area contributed by atoms with E-state index in [0.29, 0.717) is 17.1 Å². The zero-order valence-corrected chi connectivity index (χ0v) is 19.9. The quantitative estimate of drug-likeness (QED) is 0.378. The average Bonchev–Trinajstić information content (AvgIpc) is 3.18. The second kappa shape index (κ2) is 8.61. The Morgan fingerprint density at radius 1 is 1.00 bits per heavy atom. The average molecular weight is 433 g/mol. The number of aromatic nitrogens is 2. The number of carbonyl (C=O) groups is 1. The maximum absolute atomic E-state index is 12.5. The molecule has 0 unspecified atom stereocenters. The van der Waals surface area contributed by atoms with Crippen LogP contribution < -0.4 is 5.43 Å². The number of hydrazone groups is 1. The Hall–Kier alpha value is -3.41. The van der Waals surface area contributed by atoms with E-state index in [9.17, 15) is 9.90 Å². The molecule has 0 aliphatic rings. The number of hydrogen-bond donors (Lipinski definition) is 3. The molecule has 32 heavy (non-hydrogen) atoms. The topological polar surface area (TPSA) is 90.4 Å². The van der Waals surface area contributed by atoms with Gasteiger partial charge in [0.2, 0.25) is 0 Å². The number of aromatic amines is 1. The first-order valence-electron chi connectivity index (χ1n) is 10.7. The molecule has 3 aromatic rings. The van der Waals surface area contributed by atoms with Crippen LogP contribution in [0.3, 0.4) is 0 Å². The zero-order chi connectivity index (χ0) is 23.7. The van der Waals surface area contributed by atoms with Crippen molar-refractivity contribution in [2.75, 3.05) is 0 Å². The Bertz CT molecular complexity index is 1110. The number of aryl methyl sites for hydroxylation is 1. The molecule has 0 saturated carbocycles. The number of nitrogens with zero attached hydrogens (tertiary/aromatic N) is 2. The smallest absolute Gasteiger partial charge is 0.289 e. The first-order chi connectivity index (χ1) is 14.9. The van der Waals surface area contributed by atoms with Crippen LogP contribution in [0.25, 0.3) is 11.3 Å². The molecule has 1 amide bonds. The highest BCUT2D eigenvalue weighted by Gasteiger charge is 2.26. The van der Waals surface area contributed by atoms with Crippen LogP contribution in [0.2, 0.25) is 0 Å². The van der Waals surface area contributed by atoms with Crippen molar-refractivity contribution in [1.29, 1.82) is 0 Å². The summed E-state index contributed by atoms with van der Waals surface area (Å²) in [5, 5.41) is 22.0. The van der Waals surface area contributed by atoms with E-state index in [-0.39, 0.29) is 16.7 Å². The minimum Gasteiger partial charge on any atom is -0.507 e. The van der Waals surface area contributed by atoms with Crippen molar-refractivity contribution in [3.63, 3.8) is 0 Å². The van der Waals surface area contributed by atoms with Gasteiger partial charge in [-0.2, -0.15) is 10.2 Å². The lowest BCUT2D eigenvalue weighted by Crippen LogP contribution is -2.19. The highest BCUT2D eigenvalue weighted by molar-refractivity contribution is 5.94. The number of carbonyl (C=O) groups excluding carboxylic acids is 1. The number of H-pyrrole nitrogens is 1. The van der Waals surface area contributed by atoms with Crippen molar-refractivity contribution in [3.8, 4) is 17.0 Å². The predicted octanol–water partition coefficient (Wildman–Crippen LogP) is 5.45. The summed E-state index contributed by atoms with van der Waals surface area (Å²) in [5.41, 5.74) is 7.69. The van der Waals surface area contributed by atoms with Gasteiger partial charge in [0.1, 0.15) is 11.4 Å². The SMILES string of the molecule is Cc1ccc(-c2cc(C(=O)N/N=C\c3cc(C(C)(C)C)c(O)c(C(C)(C)C)c3)[nH]n2)cc1. The van der Waals surface area contributed by atoms with E-state index in [2.05, 4.69) is 62.3 Å². The molecule has 168 valence electrons. The molecule has 2 aromatic carbocycles. The molecule has 0 bridgehead atoms. The van der Waals surface area contributed by atoms with E-state index >= 15 is 0 Å². The lowest BCUT2D eigenvalue weighted by atomic mass is 9.78. The van der Waals surface area contributed by atoms with Crippen molar-refractivity contribution in [2.24, 2.45) is 5.10 Å². The number of amides is 1. The molecule has 0 atom stereocenters. The summed E-state index contributed by atoms with van der Waals surface area (Å²) < 4.78 is 0. The molecule has 0 spiro atoms. The Balaban J connectivity index is 1.80. The van der Waals surface area contributed by atoms with Gasteiger partial charge in [-0.15, -0.1) is 0 Å². The summed E-state index contributed by atoms with van der Waals surface area (Å²) in [6, 6.07) is 13.5. The maximum Gasteiger partial charge on any atom is 0.289 e. The fourth-order valence-electron chi connectivity index (χ4n) is 3.41. The van der Waals surface area contributed by atoms with Crippen molar-refractivity contribution in [2.45, 2.75) is 59.3 Å². The first kappa shape index (κ1) is 23.3. The van der Waals surface area contributed by atoms with E-state index in [1.54, 1.807) is 12.3 Å². The summed E-state index contributed by atoms with van der Waals surface area (Å²) >= 11 is 0. The van der Waals surface area contributed by atoms with Crippen LogP contribution in [-0.2, 0) is 10.8 Å². The van der Waals surface area contributed by atoms with Crippen molar-refractivity contribution in [1.82, 2.24) is 15.6 Å². The number of rotatable bonds is 4. The minimum atomic E-state index is -0.377. The van der Waals surface area contributed by atoms with Gasteiger partial charge in [0.15, 0.2) is 0 Å². The van der Waals surface area contributed by atoms with Crippen molar-refractivity contribution in [3.05, 3.63) is 70.4 Å². The van der Waals surface area contributed by atoms with Gasteiger partial charge in [0, 0.05) is 16.7 Å². The van der Waals surface area contributed by atoms with Gasteiger partial charge >= 0.3 is 0 Å². The third-order valence-electron chi connectivity index (χ3n) is 5.30. The van der Waals surface area contributed by atoms with E-state index in [1.165, 1.54) is 0 Å². The molecule has 0 aliphatic heterocycles. The van der Waals surface area contributed by atoms with Gasteiger partial charge in [0.25, 0.3) is 5.91 Å². The second-order valence-electron chi connectivity index (χ2n) is 10.2. The number of aromatic hydroxyl groups is 1. The Morgan fingerprint density at radius 2 is 1.56 bits per heavy atom. The van der Waals surface area contributed by atoms with Crippen LogP contribution in [0, 0.1) is 6.92 Å². The van der Waals surface area contributed by atoms with Crippen LogP contribution in [-0.4, -0.2) is 27.4 Å². The van der Waals surface area contributed by atoms with Crippen LogP contribution >= 0.6 is 0 Å². The van der Waals surface area contributed by atoms with E-state index in [1.807, 2.05) is 43.3 Å². The third kappa shape index (κ3) is 5.25. The van der Waals surface area contributed by atoms with Gasteiger partial charge in [-0.05, 0) is 41.5 Å². The summed E-state index contributed by atoms with van der Waals surface area (Å²) in [7, 11) is 0. The van der Waals surface area contributed by atoms with E-state index in [0.717, 1.165) is 27.8 Å². The monoisotopic (exact) mass is 432 g/mol. The summed E-state index contributed by atoms with van der Waals surface area (Å²) in [6.45, 7) is 14.4. The van der Waals surface area contributed by atoms with Crippen molar-refractivity contribution >= 4 is 12.1 Å². The predicted molar refractivity (Wildman–Crippen MR) is 129 cm³/mol. The second-order valence-corrected chi connectivity index (χ2v) is 10.2. The molecular formula is C26H32N4O2. The summed E-state index contributed by atoms with van der Waals surface area (Å²) in [6.07, 6.45) is 1.60. The van der Waals surface area contributed by atoms with E-state index in [4.69, 9.17) is 0 Å². The van der Waals surface area contributed by atoms with Gasteiger partial charge in [-0.25, -0.2) is 5.43 Å². The molecule has 1 heterocycles. The molecule has 0 fully saturated rings. The van der Waals surface area contributed by atoms with Crippen LogP contribution in [0.4, 0.5) is 0 Å². The van der Waals surface area contributed by atoms with Crippen LogP contribution in [0.1, 0.15) is 74.3 Å². The number of phenolic OH excluding ortho intramolecular Hbond substituents is 1. The van der Waals surface area contributed by atoms with Crippen LogP contribution in [0.15, 0.2) is 47.6 Å². The normalized spacial score (nSPS) is 12.3. The first-order valence-corrected chi connectivity index (χ1v) is 10.7. The maximum atomic E-state index is 12.5. The molecule has 6 nitrogen and oxygen atoms in total. The number of nitrogens with one attached hydrogen (secondary N) is 2. The van der Waals surface area contributed by atoms with Gasteiger partial charge in [0.05, 0.1) is 11.9 Å². The number of hydrogen-bond acceptors (Lipinski definition) is 4. The summed E-state index contributed by atoms with van der Waals surface area (Å²) in [5.74, 6) is -0.0646.